The van der Waals surface area contributed by atoms with Gasteiger partial charge in [0.1, 0.15) is 0 Å². The molecule has 1 aliphatic rings. The fraction of sp³-hybridized carbons (Fsp3) is 0.562. The zero-order chi connectivity index (χ0) is 14.4. The highest BCUT2D eigenvalue weighted by atomic mass is 35.5. The van der Waals surface area contributed by atoms with Crippen molar-refractivity contribution in [1.82, 2.24) is 15.1 Å². The molecule has 0 radical (unpaired) electrons. The van der Waals surface area contributed by atoms with E-state index in [-0.39, 0.29) is 18.3 Å². The number of nitrogens with one attached hydrogen (secondary N) is 1. The second-order valence-corrected chi connectivity index (χ2v) is 5.42. The van der Waals surface area contributed by atoms with E-state index in [4.69, 9.17) is 0 Å². The lowest BCUT2D eigenvalue weighted by Gasteiger charge is -2.34. The fourth-order valence-electron chi connectivity index (χ4n) is 2.57. The van der Waals surface area contributed by atoms with E-state index in [9.17, 15) is 4.79 Å². The molecule has 1 amide bonds. The Morgan fingerprint density at radius 2 is 2.10 bits per heavy atom. The van der Waals surface area contributed by atoms with Crippen molar-refractivity contribution in [3.8, 4) is 0 Å². The summed E-state index contributed by atoms with van der Waals surface area (Å²) < 4.78 is 0. The molecule has 1 aliphatic heterocycles. The number of amides is 1. The first-order valence-corrected chi connectivity index (χ1v) is 7.47. The molecule has 0 bridgehead atoms. The first-order valence-electron chi connectivity index (χ1n) is 7.47. The van der Waals surface area contributed by atoms with E-state index in [1.165, 1.54) is 5.56 Å². The molecular weight excluding hydrogens is 286 g/mol. The van der Waals surface area contributed by atoms with Gasteiger partial charge >= 0.3 is 0 Å². The summed E-state index contributed by atoms with van der Waals surface area (Å²) >= 11 is 0. The molecule has 0 aromatic heterocycles. The summed E-state index contributed by atoms with van der Waals surface area (Å²) in [6.07, 6.45) is 0. The Hall–Kier alpha value is -1.10. The molecule has 0 spiro atoms. The van der Waals surface area contributed by atoms with Gasteiger partial charge in [-0.1, -0.05) is 30.3 Å². The molecule has 4 nitrogen and oxygen atoms in total. The highest BCUT2D eigenvalue weighted by molar-refractivity contribution is 5.85. The third-order valence-corrected chi connectivity index (χ3v) is 3.93. The van der Waals surface area contributed by atoms with Crippen LogP contribution in [0.1, 0.15) is 19.4 Å². The van der Waals surface area contributed by atoms with E-state index < -0.39 is 0 Å². The Bertz CT molecular complexity index is 427. The van der Waals surface area contributed by atoms with Gasteiger partial charge < -0.3 is 10.2 Å². The first kappa shape index (κ1) is 18.0. The zero-order valence-electron chi connectivity index (χ0n) is 12.9. The number of hydrogen-bond donors (Lipinski definition) is 1. The van der Waals surface area contributed by atoms with Crippen molar-refractivity contribution in [3.63, 3.8) is 0 Å². The smallest absolute Gasteiger partial charge is 0.237 e. The van der Waals surface area contributed by atoms with Crippen molar-refractivity contribution in [1.29, 1.82) is 0 Å². The van der Waals surface area contributed by atoms with Gasteiger partial charge in [-0.25, -0.2) is 0 Å². The second-order valence-electron chi connectivity index (χ2n) is 5.42. The molecular formula is C16H26ClN3O. The number of carbonyl (C=O) groups excluding carboxylic acids is 1. The van der Waals surface area contributed by atoms with E-state index in [2.05, 4.69) is 29.3 Å². The van der Waals surface area contributed by atoms with Crippen LogP contribution in [-0.2, 0) is 11.3 Å². The third kappa shape index (κ3) is 5.30. The molecule has 1 fully saturated rings. The first-order chi connectivity index (χ1) is 9.70. The summed E-state index contributed by atoms with van der Waals surface area (Å²) in [5.74, 6) is 0.227. The average molecular weight is 312 g/mol. The molecule has 1 atom stereocenters. The van der Waals surface area contributed by atoms with Gasteiger partial charge in [-0.05, 0) is 19.4 Å². The van der Waals surface area contributed by atoms with E-state index in [0.717, 1.165) is 26.2 Å². The maximum Gasteiger partial charge on any atom is 0.237 e. The number of piperazine rings is 1. The lowest BCUT2D eigenvalue weighted by Crippen LogP contribution is -2.53. The van der Waals surface area contributed by atoms with Gasteiger partial charge in [0.05, 0.1) is 6.54 Å². The fourth-order valence-corrected chi connectivity index (χ4v) is 2.57. The number of nitrogens with zero attached hydrogens (tertiary/aromatic N) is 2. The van der Waals surface area contributed by atoms with E-state index >= 15 is 0 Å². The predicted octanol–water partition coefficient (Wildman–Crippen LogP) is 1.75. The Labute approximate surface area is 133 Å². The van der Waals surface area contributed by atoms with Crippen LogP contribution in [-0.4, -0.2) is 54.5 Å². The highest BCUT2D eigenvalue weighted by Crippen LogP contribution is 2.07. The minimum absolute atomic E-state index is 0. The van der Waals surface area contributed by atoms with E-state index in [1.54, 1.807) is 0 Å². The molecule has 1 N–H and O–H groups in total. The number of hydrogen-bond acceptors (Lipinski definition) is 3. The standard InChI is InChI=1S/C16H25N3O.ClH/c1-3-18(12-15-7-5-4-6-8-15)16(20)13-19-10-9-17-11-14(19)2;/h4-8,14,17H,3,9-13H2,1-2H3;1H/t14-;/m1./s1. The summed E-state index contributed by atoms with van der Waals surface area (Å²) in [5.41, 5.74) is 1.19. The summed E-state index contributed by atoms with van der Waals surface area (Å²) in [6.45, 7) is 9.11. The van der Waals surface area contributed by atoms with Gasteiger partial charge in [0, 0.05) is 38.8 Å². The monoisotopic (exact) mass is 311 g/mol. The molecule has 1 heterocycles. The summed E-state index contributed by atoms with van der Waals surface area (Å²) in [7, 11) is 0. The van der Waals surface area contributed by atoms with Crippen LogP contribution < -0.4 is 5.32 Å². The largest absolute Gasteiger partial charge is 0.338 e. The SMILES string of the molecule is CCN(Cc1ccccc1)C(=O)CN1CCNC[C@H]1C.Cl. The van der Waals surface area contributed by atoms with Crippen LogP contribution in [0.3, 0.4) is 0 Å². The third-order valence-electron chi connectivity index (χ3n) is 3.93. The van der Waals surface area contributed by atoms with Crippen molar-refractivity contribution in [3.05, 3.63) is 35.9 Å². The lowest BCUT2D eigenvalue weighted by molar-refractivity contribution is -0.133. The summed E-state index contributed by atoms with van der Waals surface area (Å²) in [6, 6.07) is 10.6. The van der Waals surface area contributed by atoms with Gasteiger partial charge in [0.25, 0.3) is 0 Å². The van der Waals surface area contributed by atoms with Crippen LogP contribution in [0.2, 0.25) is 0 Å². The molecule has 1 aromatic rings. The van der Waals surface area contributed by atoms with Crippen LogP contribution in [0.25, 0.3) is 0 Å². The van der Waals surface area contributed by atoms with E-state index in [1.807, 2.05) is 30.0 Å². The molecule has 5 heteroatoms. The molecule has 1 saturated heterocycles. The van der Waals surface area contributed by atoms with Gasteiger partial charge in [0.2, 0.25) is 5.91 Å². The predicted molar refractivity (Wildman–Crippen MR) is 88.7 cm³/mol. The van der Waals surface area contributed by atoms with Crippen molar-refractivity contribution in [2.24, 2.45) is 0 Å². The molecule has 1 aromatic carbocycles. The number of carbonyl (C=O) groups is 1. The van der Waals surface area contributed by atoms with Crippen molar-refractivity contribution >= 4 is 18.3 Å². The number of halogens is 1. The molecule has 0 unspecified atom stereocenters. The summed E-state index contributed by atoms with van der Waals surface area (Å²) in [4.78, 5) is 16.7. The minimum Gasteiger partial charge on any atom is -0.338 e. The van der Waals surface area contributed by atoms with E-state index in [0.29, 0.717) is 19.1 Å². The number of likely N-dealkylation sites (N-methyl/N-ethyl adjacent to an activating group) is 1. The molecule has 118 valence electrons. The molecule has 0 aliphatic carbocycles. The van der Waals surface area contributed by atoms with Gasteiger partial charge in [-0.2, -0.15) is 0 Å². The maximum atomic E-state index is 12.5. The van der Waals surface area contributed by atoms with Gasteiger partial charge in [-0.3, -0.25) is 9.69 Å². The van der Waals surface area contributed by atoms with Crippen LogP contribution in [0.15, 0.2) is 30.3 Å². The highest BCUT2D eigenvalue weighted by Gasteiger charge is 2.22. The van der Waals surface area contributed by atoms with Crippen molar-refractivity contribution in [2.75, 3.05) is 32.7 Å². The lowest BCUT2D eigenvalue weighted by atomic mass is 10.2. The van der Waals surface area contributed by atoms with Crippen molar-refractivity contribution in [2.45, 2.75) is 26.4 Å². The van der Waals surface area contributed by atoms with Gasteiger partial charge in [0.15, 0.2) is 0 Å². The molecule has 0 saturated carbocycles. The van der Waals surface area contributed by atoms with Crippen LogP contribution in [0.5, 0.6) is 0 Å². The molecule has 21 heavy (non-hydrogen) atoms. The van der Waals surface area contributed by atoms with Crippen LogP contribution in [0.4, 0.5) is 0 Å². The average Bonchev–Trinajstić information content (AvgIpc) is 2.48. The Balaban J connectivity index is 0.00000220. The summed E-state index contributed by atoms with van der Waals surface area (Å²) in [5, 5.41) is 3.35. The Morgan fingerprint density at radius 3 is 2.71 bits per heavy atom. The Kier molecular flexibility index (Phi) is 7.72. The normalized spacial score (nSPS) is 18.9. The maximum absolute atomic E-state index is 12.5. The second kappa shape index (κ2) is 9.03. The molecule has 2 rings (SSSR count). The van der Waals surface area contributed by atoms with Crippen LogP contribution in [0, 0.1) is 0 Å². The van der Waals surface area contributed by atoms with Gasteiger partial charge in [-0.15, -0.1) is 12.4 Å². The zero-order valence-corrected chi connectivity index (χ0v) is 13.7. The quantitative estimate of drug-likeness (QED) is 0.900. The van der Waals surface area contributed by atoms with Crippen molar-refractivity contribution < 1.29 is 4.79 Å². The number of benzene rings is 1. The Morgan fingerprint density at radius 1 is 1.38 bits per heavy atom. The minimum atomic E-state index is 0. The van der Waals surface area contributed by atoms with Crippen LogP contribution >= 0.6 is 12.4 Å². The topological polar surface area (TPSA) is 35.6 Å². The number of rotatable bonds is 5.